The van der Waals surface area contributed by atoms with E-state index in [2.05, 4.69) is 4.74 Å². The summed E-state index contributed by atoms with van der Waals surface area (Å²) in [4.78, 5) is 0. The van der Waals surface area contributed by atoms with Crippen LogP contribution in [-0.4, -0.2) is 30.7 Å². The van der Waals surface area contributed by atoms with Crippen molar-refractivity contribution < 1.29 is 23.0 Å². The molecule has 70 valence electrons. The molecular weight excluding hydrogens is 186 g/mol. The summed E-state index contributed by atoms with van der Waals surface area (Å²) in [6.45, 7) is -1.23. The van der Waals surface area contributed by atoms with Gasteiger partial charge in [-0.2, -0.15) is 0 Å². The predicted molar refractivity (Wildman–Crippen MR) is 34.3 cm³/mol. The Labute approximate surface area is 67.7 Å². The summed E-state index contributed by atoms with van der Waals surface area (Å²) in [5, 5.41) is 8.16. The Balaban J connectivity index is 0. The summed E-state index contributed by atoms with van der Waals surface area (Å²) in [5.74, 6) is 0. The van der Waals surface area contributed by atoms with Crippen LogP contribution < -0.4 is 5.73 Å². The highest BCUT2D eigenvalue weighted by Crippen LogP contribution is 2.15. The summed E-state index contributed by atoms with van der Waals surface area (Å²) in [5.41, 5.74) is 4.91. The van der Waals surface area contributed by atoms with Gasteiger partial charge in [-0.25, -0.2) is 0 Å². The van der Waals surface area contributed by atoms with E-state index < -0.39 is 25.6 Å². The molecular formula is C4H9ClF3NO2. The number of alkyl halides is 3. The molecule has 0 aliphatic heterocycles. The molecule has 7 heteroatoms. The lowest BCUT2D eigenvalue weighted by atomic mass is 10.4. The molecule has 0 aliphatic rings. The van der Waals surface area contributed by atoms with Crippen LogP contribution in [-0.2, 0) is 4.74 Å². The Kier molecular flexibility index (Phi) is 6.88. The zero-order valence-corrected chi connectivity index (χ0v) is 6.28. The Morgan fingerprint density at radius 3 is 2.18 bits per heavy atom. The molecule has 3 N–H and O–H groups in total. The first-order valence-corrected chi connectivity index (χ1v) is 2.53. The molecule has 0 heterocycles. The van der Waals surface area contributed by atoms with E-state index in [1.807, 2.05) is 0 Å². The van der Waals surface area contributed by atoms with Crippen LogP contribution in [0.25, 0.3) is 0 Å². The Morgan fingerprint density at radius 1 is 1.45 bits per heavy atom. The number of nitrogens with two attached hydrogens (primary N) is 1. The van der Waals surface area contributed by atoms with E-state index in [1.165, 1.54) is 0 Å². The summed E-state index contributed by atoms with van der Waals surface area (Å²) in [7, 11) is 0. The van der Waals surface area contributed by atoms with E-state index in [1.54, 1.807) is 0 Å². The quantitative estimate of drug-likeness (QED) is 0.680. The van der Waals surface area contributed by atoms with Crippen molar-refractivity contribution in [3.63, 3.8) is 0 Å². The fraction of sp³-hybridized carbons (Fsp3) is 1.00. The monoisotopic (exact) mass is 195 g/mol. The third kappa shape index (κ3) is 9.96. The predicted octanol–water partition coefficient (Wildman–Crippen LogP) is 0.264. The second-order valence-electron chi connectivity index (χ2n) is 1.70. The molecule has 0 saturated carbocycles. The number of hydrogen-bond donors (Lipinski definition) is 2. The third-order valence-corrected chi connectivity index (χ3v) is 0.696. The second-order valence-corrected chi connectivity index (χ2v) is 1.70. The summed E-state index contributed by atoms with van der Waals surface area (Å²) in [6.07, 6.45) is -4.66. The van der Waals surface area contributed by atoms with Crippen molar-refractivity contribution in [3.8, 4) is 0 Å². The summed E-state index contributed by atoms with van der Waals surface area (Å²) >= 11 is 0. The van der Waals surface area contributed by atoms with E-state index in [0.717, 1.165) is 0 Å². The van der Waals surface area contributed by atoms with Gasteiger partial charge in [0.05, 0.1) is 19.3 Å². The van der Waals surface area contributed by atoms with Crippen molar-refractivity contribution in [2.75, 3.05) is 13.2 Å². The highest BCUT2D eigenvalue weighted by Gasteiger charge is 2.29. The second kappa shape index (κ2) is 5.59. The molecule has 0 saturated heterocycles. The Bertz CT molecular complexity index is 99.8. The van der Waals surface area contributed by atoms with E-state index in [0.29, 0.717) is 0 Å². The molecule has 0 spiro atoms. The van der Waals surface area contributed by atoms with Gasteiger partial charge < -0.3 is 10.8 Å². The lowest BCUT2D eigenvalue weighted by molar-refractivity contribution is -0.326. The molecule has 11 heavy (non-hydrogen) atoms. The van der Waals surface area contributed by atoms with Crippen molar-refractivity contribution >= 4 is 12.4 Å². The molecule has 0 rings (SSSR count). The van der Waals surface area contributed by atoms with Crippen LogP contribution in [0.1, 0.15) is 0 Å². The Hall–Kier alpha value is -0.0400. The molecule has 3 nitrogen and oxygen atoms in total. The SMILES string of the molecule is Cl.N[C@@H](CO)COC(F)(F)F. The fourth-order valence-corrected chi connectivity index (χ4v) is 0.254. The largest absolute Gasteiger partial charge is 0.522 e. The smallest absolute Gasteiger partial charge is 0.395 e. The molecule has 0 bridgehead atoms. The molecule has 0 aromatic carbocycles. The van der Waals surface area contributed by atoms with Gasteiger partial charge in [0, 0.05) is 0 Å². The van der Waals surface area contributed by atoms with Crippen LogP contribution in [0.2, 0.25) is 0 Å². The molecule has 0 aliphatic carbocycles. The lowest BCUT2D eigenvalue weighted by Crippen LogP contribution is -2.33. The first-order chi connectivity index (χ1) is 4.45. The number of aliphatic hydroxyl groups is 1. The van der Waals surface area contributed by atoms with Crippen LogP contribution in [0, 0.1) is 0 Å². The van der Waals surface area contributed by atoms with Gasteiger partial charge >= 0.3 is 6.36 Å². The highest BCUT2D eigenvalue weighted by atomic mass is 35.5. The average Bonchev–Trinajstić information content (AvgIpc) is 1.81. The number of ether oxygens (including phenoxy) is 1. The maximum absolute atomic E-state index is 11.2. The molecule has 0 aromatic rings. The van der Waals surface area contributed by atoms with Crippen LogP contribution in [0.5, 0.6) is 0 Å². The van der Waals surface area contributed by atoms with Gasteiger partial charge in [-0.05, 0) is 0 Å². The minimum absolute atomic E-state index is 0. The Morgan fingerprint density at radius 2 is 1.91 bits per heavy atom. The van der Waals surface area contributed by atoms with Crippen LogP contribution in [0.15, 0.2) is 0 Å². The van der Waals surface area contributed by atoms with E-state index >= 15 is 0 Å². The number of rotatable bonds is 3. The molecule has 0 radical (unpaired) electrons. The van der Waals surface area contributed by atoms with Crippen molar-refractivity contribution in [3.05, 3.63) is 0 Å². The number of halogens is 4. The van der Waals surface area contributed by atoms with Crippen LogP contribution >= 0.6 is 12.4 Å². The molecule has 0 aromatic heterocycles. The van der Waals surface area contributed by atoms with E-state index in [9.17, 15) is 13.2 Å². The zero-order chi connectivity index (χ0) is 8.20. The van der Waals surface area contributed by atoms with Gasteiger partial charge in [0.25, 0.3) is 0 Å². The maximum Gasteiger partial charge on any atom is 0.522 e. The van der Waals surface area contributed by atoms with Gasteiger partial charge in [-0.15, -0.1) is 25.6 Å². The van der Waals surface area contributed by atoms with Crippen molar-refractivity contribution in [2.24, 2.45) is 5.73 Å². The van der Waals surface area contributed by atoms with Crippen molar-refractivity contribution in [2.45, 2.75) is 12.4 Å². The van der Waals surface area contributed by atoms with E-state index in [-0.39, 0.29) is 12.4 Å². The van der Waals surface area contributed by atoms with Crippen LogP contribution in [0.4, 0.5) is 13.2 Å². The van der Waals surface area contributed by atoms with Gasteiger partial charge in [-0.1, -0.05) is 0 Å². The van der Waals surface area contributed by atoms with Crippen molar-refractivity contribution in [1.29, 1.82) is 0 Å². The number of hydrogen-bond acceptors (Lipinski definition) is 3. The first-order valence-electron chi connectivity index (χ1n) is 2.53. The third-order valence-electron chi connectivity index (χ3n) is 0.696. The minimum Gasteiger partial charge on any atom is -0.395 e. The fourth-order valence-electron chi connectivity index (χ4n) is 0.254. The normalized spacial score (nSPS) is 13.9. The van der Waals surface area contributed by atoms with Crippen LogP contribution in [0.3, 0.4) is 0 Å². The highest BCUT2D eigenvalue weighted by molar-refractivity contribution is 5.85. The van der Waals surface area contributed by atoms with Gasteiger partial charge in [-0.3, -0.25) is 4.74 Å². The van der Waals surface area contributed by atoms with Gasteiger partial charge in [0.2, 0.25) is 0 Å². The minimum atomic E-state index is -4.66. The molecule has 0 fully saturated rings. The maximum atomic E-state index is 11.2. The molecule has 0 unspecified atom stereocenters. The lowest BCUT2D eigenvalue weighted by Gasteiger charge is -2.10. The molecule has 0 amide bonds. The van der Waals surface area contributed by atoms with Gasteiger partial charge in [0.15, 0.2) is 0 Å². The number of aliphatic hydroxyl groups excluding tert-OH is 1. The standard InChI is InChI=1S/C4H8F3NO2.ClH/c5-4(6,7)10-2-3(8)1-9;/h3,9H,1-2,8H2;1H/t3-;/m0./s1. The van der Waals surface area contributed by atoms with Crippen molar-refractivity contribution in [1.82, 2.24) is 0 Å². The summed E-state index contributed by atoms with van der Waals surface area (Å²) in [6, 6.07) is -0.971. The first kappa shape index (κ1) is 13.5. The average molecular weight is 196 g/mol. The van der Waals surface area contributed by atoms with E-state index in [4.69, 9.17) is 10.8 Å². The topological polar surface area (TPSA) is 55.5 Å². The molecule has 1 atom stereocenters. The zero-order valence-electron chi connectivity index (χ0n) is 5.47. The van der Waals surface area contributed by atoms with Gasteiger partial charge in [0.1, 0.15) is 0 Å². The summed E-state index contributed by atoms with van der Waals surface area (Å²) < 4.78 is 36.9.